The largest absolute Gasteiger partial charge is 0.417 e. The normalized spacial score (nSPS) is 14.6. The van der Waals surface area contributed by atoms with E-state index in [9.17, 15) is 22.0 Å². The molecule has 0 aliphatic heterocycles. The minimum atomic E-state index is -5.07. The van der Waals surface area contributed by atoms with Crippen molar-refractivity contribution in [1.82, 2.24) is 19.7 Å². The number of alkyl halides is 3. The van der Waals surface area contributed by atoms with Crippen LogP contribution in [0.15, 0.2) is 18.5 Å². The molecule has 27 heavy (non-hydrogen) atoms. The third-order valence-electron chi connectivity index (χ3n) is 4.39. The van der Waals surface area contributed by atoms with Crippen molar-refractivity contribution < 1.29 is 22.0 Å². The van der Waals surface area contributed by atoms with Crippen molar-refractivity contribution in [3.63, 3.8) is 0 Å². The molecule has 10 heteroatoms. The van der Waals surface area contributed by atoms with Gasteiger partial charge < -0.3 is 4.90 Å². The van der Waals surface area contributed by atoms with Crippen molar-refractivity contribution in [2.45, 2.75) is 37.9 Å². The van der Waals surface area contributed by atoms with Crippen LogP contribution in [0.5, 0.6) is 0 Å². The number of aromatic nitrogens is 3. The van der Waals surface area contributed by atoms with Crippen LogP contribution in [-0.4, -0.2) is 46.5 Å². The highest BCUT2D eigenvalue weighted by atomic mass is 35.5. The molecule has 0 spiro atoms. The lowest BCUT2D eigenvalue weighted by molar-refractivity contribution is -0.199. The molecule has 1 aromatic heterocycles. The van der Waals surface area contributed by atoms with E-state index in [1.54, 1.807) is 0 Å². The van der Waals surface area contributed by atoms with Gasteiger partial charge >= 0.3 is 6.18 Å². The fourth-order valence-electron chi connectivity index (χ4n) is 2.89. The topological polar surface area (TPSA) is 34.0 Å². The van der Waals surface area contributed by atoms with Gasteiger partial charge in [-0.1, -0.05) is 0 Å². The summed E-state index contributed by atoms with van der Waals surface area (Å²) >= 11 is 5.67. The van der Waals surface area contributed by atoms with Gasteiger partial charge in [-0.05, 0) is 76.1 Å². The van der Waals surface area contributed by atoms with E-state index in [-0.39, 0.29) is 4.68 Å². The summed E-state index contributed by atoms with van der Waals surface area (Å²) < 4.78 is 71.1. The lowest BCUT2D eigenvalue weighted by atomic mass is 9.89. The van der Waals surface area contributed by atoms with Crippen LogP contribution in [0.3, 0.4) is 0 Å². The highest BCUT2D eigenvalue weighted by Crippen LogP contribution is 2.45. The van der Waals surface area contributed by atoms with E-state index < -0.39 is 34.2 Å². The van der Waals surface area contributed by atoms with Gasteiger partial charge in [0.15, 0.2) is 5.54 Å². The van der Waals surface area contributed by atoms with Crippen molar-refractivity contribution in [3.8, 4) is 0 Å². The molecule has 2 aromatic rings. The second-order valence-electron chi connectivity index (χ2n) is 6.71. The number of rotatable bonds is 7. The maximum Gasteiger partial charge on any atom is 0.417 e. The second kappa shape index (κ2) is 8.10. The van der Waals surface area contributed by atoms with Crippen molar-refractivity contribution in [2.24, 2.45) is 0 Å². The molecular formula is C17H20ClF5N4. The first-order valence-corrected chi connectivity index (χ1v) is 8.62. The minimum Gasteiger partial charge on any atom is -0.309 e. The Morgan fingerprint density at radius 3 is 2.15 bits per heavy atom. The van der Waals surface area contributed by atoms with Gasteiger partial charge in [0, 0.05) is 0 Å². The molecule has 0 saturated carbocycles. The minimum absolute atomic E-state index is 0.271. The zero-order chi connectivity index (χ0) is 20.4. The van der Waals surface area contributed by atoms with Crippen molar-refractivity contribution in [2.75, 3.05) is 20.6 Å². The predicted octanol–water partition coefficient (Wildman–Crippen LogP) is 4.42. The number of benzene rings is 1. The van der Waals surface area contributed by atoms with Gasteiger partial charge in [-0.3, -0.25) is 0 Å². The van der Waals surface area contributed by atoms with Crippen LogP contribution in [0.2, 0.25) is 5.28 Å². The van der Waals surface area contributed by atoms with Crippen LogP contribution in [0, 0.1) is 11.6 Å². The number of nitrogens with zero attached hydrogens (tertiary/aromatic N) is 4. The molecule has 0 bridgehead atoms. The van der Waals surface area contributed by atoms with E-state index in [1.807, 2.05) is 19.0 Å². The van der Waals surface area contributed by atoms with E-state index in [0.717, 1.165) is 31.4 Å². The van der Waals surface area contributed by atoms with Crippen molar-refractivity contribution >= 4 is 11.6 Å². The van der Waals surface area contributed by atoms with Crippen LogP contribution in [0.1, 0.15) is 30.9 Å². The van der Waals surface area contributed by atoms with Crippen LogP contribution in [0.4, 0.5) is 22.0 Å². The van der Waals surface area contributed by atoms with Crippen LogP contribution >= 0.6 is 11.6 Å². The van der Waals surface area contributed by atoms with E-state index in [2.05, 4.69) is 10.1 Å². The molecule has 0 N–H and O–H groups in total. The molecule has 4 nitrogen and oxygen atoms in total. The summed E-state index contributed by atoms with van der Waals surface area (Å²) in [7, 11) is 3.81. The van der Waals surface area contributed by atoms with Gasteiger partial charge in [-0.15, -0.1) is 0 Å². The summed E-state index contributed by atoms with van der Waals surface area (Å²) in [5, 5.41) is 2.80. The Balaban J connectivity index is 2.42. The first-order chi connectivity index (χ1) is 12.5. The lowest BCUT2D eigenvalue weighted by Gasteiger charge is -2.33. The zero-order valence-corrected chi connectivity index (χ0v) is 15.9. The van der Waals surface area contributed by atoms with E-state index in [4.69, 9.17) is 11.6 Å². The fraction of sp³-hybridized carbons (Fsp3) is 0.529. The fourth-order valence-corrected chi connectivity index (χ4v) is 3.14. The number of aryl methyl sites for hydroxylation is 1. The van der Waals surface area contributed by atoms with Gasteiger partial charge in [-0.25, -0.2) is 18.4 Å². The third-order valence-corrected chi connectivity index (χ3v) is 4.65. The Hall–Kier alpha value is -1.74. The summed E-state index contributed by atoms with van der Waals surface area (Å²) in [6.07, 6.45) is -2.47. The van der Waals surface area contributed by atoms with Crippen LogP contribution < -0.4 is 0 Å². The second-order valence-corrected chi connectivity index (χ2v) is 7.04. The molecule has 0 aliphatic carbocycles. The Morgan fingerprint density at radius 1 is 1.11 bits per heavy atom. The van der Waals surface area contributed by atoms with Crippen LogP contribution in [0.25, 0.3) is 0 Å². The summed E-state index contributed by atoms with van der Waals surface area (Å²) in [6, 6.07) is 1.87. The molecule has 0 fully saturated rings. The van der Waals surface area contributed by atoms with Gasteiger partial charge in [0.25, 0.3) is 0 Å². The molecule has 1 atom stereocenters. The highest BCUT2D eigenvalue weighted by molar-refractivity contribution is 6.28. The van der Waals surface area contributed by atoms with Crippen molar-refractivity contribution in [1.29, 1.82) is 0 Å². The standard InChI is InChI=1S/C17H20ClF5N4/c1-16(17(21,22)23,27-15(18)24-10-25-27)14-12(19)8-11(9-13(14)20)6-4-5-7-26(2)3/h8-10H,4-7H2,1-3H3. The Labute approximate surface area is 158 Å². The maximum atomic E-state index is 14.6. The molecule has 0 aliphatic rings. The van der Waals surface area contributed by atoms with Crippen molar-refractivity contribution in [3.05, 3.63) is 46.5 Å². The monoisotopic (exact) mass is 410 g/mol. The zero-order valence-electron chi connectivity index (χ0n) is 15.1. The lowest BCUT2D eigenvalue weighted by Crippen LogP contribution is -2.48. The molecule has 1 heterocycles. The summed E-state index contributed by atoms with van der Waals surface area (Å²) in [6.45, 7) is 1.42. The highest BCUT2D eigenvalue weighted by Gasteiger charge is 2.58. The predicted molar refractivity (Wildman–Crippen MR) is 91.7 cm³/mol. The smallest absolute Gasteiger partial charge is 0.309 e. The number of unbranched alkanes of at least 4 members (excludes halogenated alkanes) is 1. The third kappa shape index (κ3) is 4.40. The van der Waals surface area contributed by atoms with Gasteiger partial charge in [0.2, 0.25) is 5.28 Å². The summed E-state index contributed by atoms with van der Waals surface area (Å²) in [5.74, 6) is -2.60. The van der Waals surface area contributed by atoms with E-state index >= 15 is 0 Å². The van der Waals surface area contributed by atoms with E-state index in [1.165, 1.54) is 0 Å². The molecule has 0 amide bonds. The number of halogens is 6. The molecular weight excluding hydrogens is 391 g/mol. The summed E-state index contributed by atoms with van der Waals surface area (Å²) in [4.78, 5) is 5.40. The molecule has 0 radical (unpaired) electrons. The molecule has 150 valence electrons. The number of hydrogen-bond donors (Lipinski definition) is 0. The molecule has 0 saturated heterocycles. The molecule has 1 unspecified atom stereocenters. The summed E-state index contributed by atoms with van der Waals surface area (Å²) in [5.41, 5.74) is -4.01. The van der Waals surface area contributed by atoms with Crippen LogP contribution in [-0.2, 0) is 12.0 Å². The Morgan fingerprint density at radius 2 is 1.70 bits per heavy atom. The van der Waals surface area contributed by atoms with Gasteiger partial charge in [0.1, 0.15) is 18.0 Å². The average molecular weight is 411 g/mol. The number of hydrogen-bond acceptors (Lipinski definition) is 3. The first kappa shape index (κ1) is 21.6. The molecule has 2 rings (SSSR count). The van der Waals surface area contributed by atoms with E-state index in [0.29, 0.717) is 25.3 Å². The van der Waals surface area contributed by atoms with Gasteiger partial charge in [-0.2, -0.15) is 18.3 Å². The Bertz CT molecular complexity index is 767. The maximum absolute atomic E-state index is 14.6. The SMILES string of the molecule is CN(C)CCCCc1cc(F)c(C(C)(n2ncnc2Cl)C(F)(F)F)c(F)c1. The van der Waals surface area contributed by atoms with Gasteiger partial charge in [0.05, 0.1) is 5.56 Å². The Kier molecular flexibility index (Phi) is 6.47. The molecule has 1 aromatic carbocycles. The average Bonchev–Trinajstić information content (AvgIpc) is 2.96. The first-order valence-electron chi connectivity index (χ1n) is 8.24. The quantitative estimate of drug-likeness (QED) is 0.500.